The molecule has 0 saturated carbocycles. The fraction of sp³-hybridized carbons (Fsp3) is 0.167. The monoisotopic (exact) mass is 451 g/mol. The number of thiazole rings is 2. The number of sulfone groups is 1. The zero-order chi connectivity index (χ0) is 19.9. The predicted octanol–water partition coefficient (Wildman–Crippen LogP) is 4.67. The number of rotatable bonds is 5. The second kappa shape index (κ2) is 7.40. The number of anilines is 1. The van der Waals surface area contributed by atoms with Crippen LogP contribution in [0.2, 0.25) is 5.02 Å². The summed E-state index contributed by atoms with van der Waals surface area (Å²) in [4.78, 5) is 21.3. The summed E-state index contributed by atoms with van der Waals surface area (Å²) in [6.07, 6.45) is -0.157. The number of nitrogens with zero attached hydrogens (tertiary/aromatic N) is 2. The van der Waals surface area contributed by atoms with Crippen LogP contribution < -0.4 is 5.32 Å². The van der Waals surface area contributed by atoms with Crippen molar-refractivity contribution < 1.29 is 13.2 Å². The van der Waals surface area contributed by atoms with Gasteiger partial charge < -0.3 is 5.32 Å². The molecule has 1 amide bonds. The fourth-order valence-electron chi connectivity index (χ4n) is 2.71. The van der Waals surface area contributed by atoms with Crippen LogP contribution in [0.15, 0.2) is 41.3 Å². The Balaban J connectivity index is 1.47. The third-order valence-corrected chi connectivity index (χ3v) is 8.16. The highest BCUT2D eigenvalue weighted by atomic mass is 35.5. The van der Waals surface area contributed by atoms with Gasteiger partial charge in [-0.2, -0.15) is 0 Å². The lowest BCUT2D eigenvalue weighted by Gasteiger charge is -2.04. The molecular weight excluding hydrogens is 438 g/mol. The molecule has 0 aliphatic carbocycles. The summed E-state index contributed by atoms with van der Waals surface area (Å²) in [5.41, 5.74) is 1.69. The van der Waals surface area contributed by atoms with E-state index in [1.165, 1.54) is 35.6 Å². The number of hydrogen-bond donors (Lipinski definition) is 1. The first-order valence-corrected chi connectivity index (χ1v) is 11.9. The zero-order valence-corrected chi connectivity index (χ0v) is 17.8. The number of aryl methyl sites for hydroxylation is 1. The Hall–Kier alpha value is -2.07. The van der Waals surface area contributed by atoms with Gasteiger partial charge in [0.25, 0.3) is 0 Å². The van der Waals surface area contributed by atoms with E-state index in [2.05, 4.69) is 15.3 Å². The Morgan fingerprint density at radius 2 is 1.68 bits per heavy atom. The van der Waals surface area contributed by atoms with E-state index in [1.54, 1.807) is 11.3 Å². The maximum atomic E-state index is 12.3. The van der Waals surface area contributed by atoms with Gasteiger partial charge in [0.2, 0.25) is 5.91 Å². The molecule has 1 N–H and O–H groups in total. The number of benzene rings is 2. The van der Waals surface area contributed by atoms with Gasteiger partial charge in [-0.25, -0.2) is 18.4 Å². The van der Waals surface area contributed by atoms with Crippen molar-refractivity contribution in [3.05, 3.63) is 46.4 Å². The quantitative estimate of drug-likeness (QED) is 0.476. The summed E-state index contributed by atoms with van der Waals surface area (Å²) < 4.78 is 26.7. The van der Waals surface area contributed by atoms with Crippen LogP contribution in [0.3, 0.4) is 0 Å². The normalized spacial score (nSPS) is 11.9. The minimum absolute atomic E-state index is 0.146. The van der Waals surface area contributed by atoms with Crippen LogP contribution >= 0.6 is 34.3 Å². The molecule has 0 fully saturated rings. The first-order valence-electron chi connectivity index (χ1n) is 8.27. The minimum atomic E-state index is -3.56. The first kappa shape index (κ1) is 19.3. The lowest BCUT2D eigenvalue weighted by molar-refractivity contribution is -0.115. The highest BCUT2D eigenvalue weighted by Crippen LogP contribution is 2.35. The topological polar surface area (TPSA) is 89.0 Å². The molecule has 4 rings (SSSR count). The summed E-state index contributed by atoms with van der Waals surface area (Å²) in [7, 11) is -3.56. The standard InChI is InChI=1S/C18H14ClN3O3S3/c1-10-20-13-6-7-14-17(16(13)26-10)27-18(21-14)22-15(23)8-9-28(24,25)12-4-2-11(19)3-5-12/h2-7H,8-9H2,1H3,(H,21,22,23). The molecule has 0 aliphatic heterocycles. The van der Waals surface area contributed by atoms with Gasteiger partial charge in [-0.15, -0.1) is 11.3 Å². The van der Waals surface area contributed by atoms with Crippen LogP contribution in [-0.4, -0.2) is 30.0 Å². The van der Waals surface area contributed by atoms with Crippen LogP contribution in [0.4, 0.5) is 5.13 Å². The average Bonchev–Trinajstić information content (AvgIpc) is 3.22. The van der Waals surface area contributed by atoms with Crippen molar-refractivity contribution >= 4 is 75.6 Å². The summed E-state index contributed by atoms with van der Waals surface area (Å²) in [6, 6.07) is 9.67. The van der Waals surface area contributed by atoms with E-state index in [0.29, 0.717) is 10.2 Å². The van der Waals surface area contributed by atoms with E-state index in [0.717, 1.165) is 25.4 Å². The molecule has 0 atom stereocenters. The third-order valence-electron chi connectivity index (χ3n) is 4.04. The van der Waals surface area contributed by atoms with Crippen LogP contribution in [0, 0.1) is 6.92 Å². The summed E-state index contributed by atoms with van der Waals surface area (Å²) >= 11 is 8.73. The average molecular weight is 452 g/mol. The SMILES string of the molecule is Cc1nc2ccc3nc(NC(=O)CCS(=O)(=O)c4ccc(Cl)cc4)sc3c2s1. The van der Waals surface area contributed by atoms with Gasteiger partial charge in [-0.3, -0.25) is 4.79 Å². The zero-order valence-electron chi connectivity index (χ0n) is 14.6. The molecule has 4 aromatic rings. The molecule has 0 radical (unpaired) electrons. The number of carbonyl (C=O) groups excluding carboxylic acids is 1. The Morgan fingerprint density at radius 3 is 2.39 bits per heavy atom. The molecule has 2 heterocycles. The lowest BCUT2D eigenvalue weighted by Crippen LogP contribution is -2.17. The molecular formula is C18H14ClN3O3S3. The Kier molecular flexibility index (Phi) is 5.09. The van der Waals surface area contributed by atoms with Gasteiger partial charge in [0.1, 0.15) is 0 Å². The molecule has 10 heteroatoms. The minimum Gasteiger partial charge on any atom is -0.302 e. The maximum Gasteiger partial charge on any atom is 0.227 e. The van der Waals surface area contributed by atoms with E-state index >= 15 is 0 Å². The Morgan fingerprint density at radius 1 is 1.04 bits per heavy atom. The Labute approximate surface area is 174 Å². The van der Waals surface area contributed by atoms with E-state index in [4.69, 9.17) is 11.6 Å². The summed E-state index contributed by atoms with van der Waals surface area (Å²) in [5, 5.41) is 4.57. The Bertz CT molecular complexity index is 1290. The van der Waals surface area contributed by atoms with E-state index < -0.39 is 15.7 Å². The van der Waals surface area contributed by atoms with E-state index in [9.17, 15) is 13.2 Å². The fourth-order valence-corrected chi connectivity index (χ4v) is 6.10. The predicted molar refractivity (Wildman–Crippen MR) is 114 cm³/mol. The van der Waals surface area contributed by atoms with E-state index in [1.807, 2.05) is 19.1 Å². The number of halogens is 1. The third kappa shape index (κ3) is 3.88. The van der Waals surface area contributed by atoms with Gasteiger partial charge in [-0.05, 0) is 43.3 Å². The van der Waals surface area contributed by atoms with E-state index in [-0.39, 0.29) is 17.1 Å². The number of fused-ring (bicyclic) bond motifs is 3. The molecule has 0 bridgehead atoms. The largest absolute Gasteiger partial charge is 0.302 e. The van der Waals surface area contributed by atoms with Crippen molar-refractivity contribution in [3.63, 3.8) is 0 Å². The van der Waals surface area contributed by atoms with Crippen LogP contribution in [0.5, 0.6) is 0 Å². The lowest BCUT2D eigenvalue weighted by atomic mass is 10.3. The second-order valence-electron chi connectivity index (χ2n) is 6.08. The van der Waals surface area contributed by atoms with Gasteiger partial charge >= 0.3 is 0 Å². The molecule has 28 heavy (non-hydrogen) atoms. The van der Waals surface area contributed by atoms with Crippen LogP contribution in [0.1, 0.15) is 11.4 Å². The highest BCUT2D eigenvalue weighted by Gasteiger charge is 2.18. The van der Waals surface area contributed by atoms with Crippen molar-refractivity contribution in [2.75, 3.05) is 11.1 Å². The van der Waals surface area contributed by atoms with Gasteiger partial charge in [0.05, 0.1) is 36.1 Å². The van der Waals surface area contributed by atoms with Crippen LogP contribution in [0.25, 0.3) is 20.4 Å². The molecule has 6 nitrogen and oxygen atoms in total. The maximum absolute atomic E-state index is 12.3. The van der Waals surface area contributed by atoms with Crippen molar-refractivity contribution in [2.45, 2.75) is 18.2 Å². The number of amides is 1. The number of aromatic nitrogens is 2. The van der Waals surface area contributed by atoms with Crippen molar-refractivity contribution in [1.82, 2.24) is 9.97 Å². The van der Waals surface area contributed by atoms with Crippen molar-refractivity contribution in [2.24, 2.45) is 0 Å². The van der Waals surface area contributed by atoms with Crippen molar-refractivity contribution in [3.8, 4) is 0 Å². The highest BCUT2D eigenvalue weighted by molar-refractivity contribution is 7.91. The number of carbonyl (C=O) groups is 1. The first-order chi connectivity index (χ1) is 13.3. The number of nitrogens with one attached hydrogen (secondary N) is 1. The van der Waals surface area contributed by atoms with Gasteiger partial charge in [0, 0.05) is 11.4 Å². The molecule has 2 aromatic heterocycles. The van der Waals surface area contributed by atoms with Gasteiger partial charge in [-0.1, -0.05) is 22.9 Å². The second-order valence-corrected chi connectivity index (χ2v) is 10.8. The van der Waals surface area contributed by atoms with Gasteiger partial charge in [0.15, 0.2) is 15.0 Å². The molecule has 0 aliphatic rings. The molecule has 144 valence electrons. The smallest absolute Gasteiger partial charge is 0.227 e. The molecule has 2 aromatic carbocycles. The molecule has 0 unspecified atom stereocenters. The van der Waals surface area contributed by atoms with Crippen molar-refractivity contribution in [1.29, 1.82) is 0 Å². The molecule has 0 saturated heterocycles. The van der Waals surface area contributed by atoms with Crippen LogP contribution in [-0.2, 0) is 14.6 Å². The summed E-state index contributed by atoms with van der Waals surface area (Å²) in [5.74, 6) is -0.683. The molecule has 0 spiro atoms. The summed E-state index contributed by atoms with van der Waals surface area (Å²) in [6.45, 7) is 1.95. The number of hydrogen-bond acceptors (Lipinski definition) is 7.